The molecule has 4 rings (SSSR count). The molecule has 30 heavy (non-hydrogen) atoms. The van der Waals surface area contributed by atoms with E-state index in [0.717, 1.165) is 54.7 Å². The van der Waals surface area contributed by atoms with E-state index in [2.05, 4.69) is 0 Å². The average molecular weight is 440 g/mol. The van der Waals surface area contributed by atoms with Crippen molar-refractivity contribution in [1.29, 1.82) is 0 Å². The molecule has 1 unspecified atom stereocenters. The number of sulfone groups is 1. The molecule has 5 amide bonds. The molecule has 0 aromatic rings. The molecule has 2 heterocycles. The van der Waals surface area contributed by atoms with Gasteiger partial charge in [0.15, 0.2) is 9.84 Å². The zero-order valence-corrected chi connectivity index (χ0v) is 17.9. The quantitative estimate of drug-likeness (QED) is 0.468. The van der Waals surface area contributed by atoms with Crippen molar-refractivity contribution in [1.82, 2.24) is 14.7 Å². The lowest BCUT2D eigenvalue weighted by Gasteiger charge is -2.35. The van der Waals surface area contributed by atoms with Gasteiger partial charge in [-0.25, -0.2) is 18.1 Å². The molecule has 2 saturated heterocycles. The van der Waals surface area contributed by atoms with Crippen LogP contribution in [0.25, 0.3) is 0 Å². The van der Waals surface area contributed by atoms with Crippen LogP contribution in [0.3, 0.4) is 0 Å². The van der Waals surface area contributed by atoms with Crippen molar-refractivity contribution in [3.8, 4) is 0 Å². The van der Waals surface area contributed by atoms with E-state index in [9.17, 15) is 27.6 Å². The van der Waals surface area contributed by atoms with Crippen LogP contribution in [0.15, 0.2) is 0 Å². The van der Waals surface area contributed by atoms with Crippen LogP contribution in [0, 0.1) is 0 Å². The molecule has 9 nitrogen and oxygen atoms in total. The van der Waals surface area contributed by atoms with Gasteiger partial charge in [-0.05, 0) is 32.1 Å². The van der Waals surface area contributed by atoms with Crippen LogP contribution in [-0.4, -0.2) is 83.0 Å². The second kappa shape index (κ2) is 8.28. The third-order valence-electron chi connectivity index (χ3n) is 6.92. The number of amides is 5. The van der Waals surface area contributed by atoms with Crippen molar-refractivity contribution < 1.29 is 27.6 Å². The summed E-state index contributed by atoms with van der Waals surface area (Å²) >= 11 is 0. The Morgan fingerprint density at radius 1 is 0.867 bits per heavy atom. The maximum absolute atomic E-state index is 13.2. The van der Waals surface area contributed by atoms with E-state index in [1.807, 2.05) is 0 Å². The molecule has 2 aliphatic carbocycles. The van der Waals surface area contributed by atoms with Gasteiger partial charge in [-0.2, -0.15) is 0 Å². The fraction of sp³-hybridized carbons (Fsp3) is 0.800. The van der Waals surface area contributed by atoms with Crippen molar-refractivity contribution in [2.24, 2.45) is 0 Å². The van der Waals surface area contributed by atoms with Gasteiger partial charge in [-0.3, -0.25) is 19.3 Å². The number of hydrogen-bond acceptors (Lipinski definition) is 6. The fourth-order valence-corrected chi connectivity index (χ4v) is 7.13. The van der Waals surface area contributed by atoms with E-state index in [0.29, 0.717) is 19.3 Å². The van der Waals surface area contributed by atoms with E-state index in [1.54, 1.807) is 4.90 Å². The SMILES string of the molecule is O=C1C(=O)N(C2CCCCC2)C(=O)N1CC(=O)N(C1CCCC1)C1CCS(=O)(=O)C1. The summed E-state index contributed by atoms with van der Waals surface area (Å²) in [5, 5.41) is 0. The first-order chi connectivity index (χ1) is 14.3. The molecule has 1 atom stereocenters. The summed E-state index contributed by atoms with van der Waals surface area (Å²) in [5.74, 6) is -2.28. The number of carbonyl (C=O) groups excluding carboxylic acids is 4. The summed E-state index contributed by atoms with van der Waals surface area (Å²) < 4.78 is 24.0. The molecule has 166 valence electrons. The summed E-state index contributed by atoms with van der Waals surface area (Å²) in [6.07, 6.45) is 8.09. The summed E-state index contributed by atoms with van der Waals surface area (Å²) in [6.45, 7) is -0.500. The Labute approximate surface area is 176 Å². The van der Waals surface area contributed by atoms with Gasteiger partial charge >= 0.3 is 17.8 Å². The molecular weight excluding hydrogens is 410 g/mol. The summed E-state index contributed by atoms with van der Waals surface area (Å²) in [5.41, 5.74) is 0. The topological polar surface area (TPSA) is 112 Å². The van der Waals surface area contributed by atoms with Gasteiger partial charge in [0.25, 0.3) is 0 Å². The third-order valence-corrected chi connectivity index (χ3v) is 8.68. The third kappa shape index (κ3) is 3.98. The highest BCUT2D eigenvalue weighted by molar-refractivity contribution is 7.91. The van der Waals surface area contributed by atoms with Crippen LogP contribution in [-0.2, 0) is 24.2 Å². The normalized spacial score (nSPS) is 28.0. The standard InChI is InChI=1S/C20H29N3O6S/c24-17(22(14-8-4-5-9-14)16-10-11-30(28,29)13-16)12-21-18(25)19(26)23(20(21)27)15-6-2-1-3-7-15/h14-16H,1-13H2. The van der Waals surface area contributed by atoms with E-state index in [1.165, 1.54) is 0 Å². The minimum Gasteiger partial charge on any atom is -0.334 e. The lowest BCUT2D eigenvalue weighted by atomic mass is 9.94. The van der Waals surface area contributed by atoms with Crippen LogP contribution in [0.1, 0.15) is 64.2 Å². The zero-order valence-electron chi connectivity index (χ0n) is 17.1. The molecule has 0 bridgehead atoms. The molecule has 0 spiro atoms. The molecule has 2 aliphatic heterocycles. The van der Waals surface area contributed by atoms with Crippen molar-refractivity contribution >= 4 is 33.6 Å². The van der Waals surface area contributed by atoms with Gasteiger partial charge in [0, 0.05) is 18.1 Å². The lowest BCUT2D eigenvalue weighted by molar-refractivity contribution is -0.146. The fourth-order valence-electron chi connectivity index (χ4n) is 5.42. The van der Waals surface area contributed by atoms with Crippen molar-refractivity contribution in [3.05, 3.63) is 0 Å². The first-order valence-electron chi connectivity index (χ1n) is 11.0. The second-order valence-corrected chi connectivity index (χ2v) is 11.2. The first-order valence-corrected chi connectivity index (χ1v) is 12.8. The van der Waals surface area contributed by atoms with E-state index in [4.69, 9.17) is 0 Å². The summed E-state index contributed by atoms with van der Waals surface area (Å²) in [6, 6.07) is -1.50. The molecule has 0 aromatic heterocycles. The Morgan fingerprint density at radius 3 is 2.10 bits per heavy atom. The number of imide groups is 2. The van der Waals surface area contributed by atoms with Gasteiger partial charge in [0.1, 0.15) is 6.54 Å². The number of urea groups is 1. The Hall–Kier alpha value is -1.97. The Balaban J connectivity index is 1.51. The van der Waals surface area contributed by atoms with E-state index >= 15 is 0 Å². The predicted molar refractivity (Wildman–Crippen MR) is 107 cm³/mol. The Kier molecular flexibility index (Phi) is 5.87. The van der Waals surface area contributed by atoms with Crippen LogP contribution in [0.5, 0.6) is 0 Å². The largest absolute Gasteiger partial charge is 0.334 e. The number of nitrogens with zero attached hydrogens (tertiary/aromatic N) is 3. The molecule has 2 saturated carbocycles. The van der Waals surface area contributed by atoms with Crippen molar-refractivity contribution in [2.75, 3.05) is 18.1 Å². The summed E-state index contributed by atoms with van der Waals surface area (Å²) in [4.78, 5) is 54.5. The molecule has 10 heteroatoms. The second-order valence-electron chi connectivity index (χ2n) is 8.94. The monoisotopic (exact) mass is 439 g/mol. The van der Waals surface area contributed by atoms with Crippen molar-refractivity contribution in [3.63, 3.8) is 0 Å². The van der Waals surface area contributed by atoms with Gasteiger partial charge < -0.3 is 4.90 Å². The molecule has 4 fully saturated rings. The zero-order chi connectivity index (χ0) is 21.5. The summed E-state index contributed by atoms with van der Waals surface area (Å²) in [7, 11) is -3.19. The average Bonchev–Trinajstić information content (AvgIpc) is 3.40. The molecule has 0 radical (unpaired) electrons. The van der Waals surface area contributed by atoms with Gasteiger partial charge in [-0.15, -0.1) is 0 Å². The first kappa shape index (κ1) is 21.3. The van der Waals surface area contributed by atoms with Crippen molar-refractivity contribution in [2.45, 2.75) is 82.3 Å². The molecule has 4 aliphatic rings. The minimum atomic E-state index is -3.19. The van der Waals surface area contributed by atoms with Crippen LogP contribution in [0.4, 0.5) is 4.79 Å². The van der Waals surface area contributed by atoms with Crippen LogP contribution >= 0.6 is 0 Å². The van der Waals surface area contributed by atoms with Crippen LogP contribution < -0.4 is 0 Å². The van der Waals surface area contributed by atoms with Crippen LogP contribution in [0.2, 0.25) is 0 Å². The van der Waals surface area contributed by atoms with E-state index < -0.39 is 46.2 Å². The number of rotatable bonds is 5. The minimum absolute atomic E-state index is 0.0453. The smallest absolute Gasteiger partial charge is 0.334 e. The predicted octanol–water partition coefficient (Wildman–Crippen LogP) is 1.07. The molecule has 0 N–H and O–H groups in total. The maximum atomic E-state index is 13.2. The highest BCUT2D eigenvalue weighted by Crippen LogP contribution is 2.31. The van der Waals surface area contributed by atoms with Gasteiger partial charge in [0.05, 0.1) is 11.5 Å². The Morgan fingerprint density at radius 2 is 1.50 bits per heavy atom. The lowest BCUT2D eigenvalue weighted by Crippen LogP contribution is -2.52. The number of carbonyl (C=O) groups is 4. The highest BCUT2D eigenvalue weighted by Gasteiger charge is 2.49. The van der Waals surface area contributed by atoms with E-state index in [-0.39, 0.29) is 23.6 Å². The molecule has 0 aromatic carbocycles. The van der Waals surface area contributed by atoms with Gasteiger partial charge in [-0.1, -0.05) is 32.1 Å². The maximum Gasteiger partial charge on any atom is 0.334 e. The Bertz CT molecular complexity index is 845. The number of hydrogen-bond donors (Lipinski definition) is 0. The van der Waals surface area contributed by atoms with Gasteiger partial charge in [0.2, 0.25) is 5.91 Å². The molecular formula is C20H29N3O6S. The highest BCUT2D eigenvalue weighted by atomic mass is 32.2.